The fraction of sp³-hybridized carbons (Fsp3) is 0.158. The van der Waals surface area contributed by atoms with Gasteiger partial charge in [-0.25, -0.2) is 0 Å². The molecule has 0 bridgehead atoms. The molecule has 0 fully saturated rings. The Labute approximate surface area is 130 Å². The zero-order valence-electron chi connectivity index (χ0n) is 12.6. The van der Waals surface area contributed by atoms with Gasteiger partial charge in [0.1, 0.15) is 0 Å². The Morgan fingerprint density at radius 1 is 1.00 bits per heavy atom. The van der Waals surface area contributed by atoms with Crippen molar-refractivity contribution in [2.75, 3.05) is 0 Å². The van der Waals surface area contributed by atoms with Crippen LogP contribution in [0.25, 0.3) is 10.8 Å². The Balaban J connectivity index is 1.68. The molecule has 0 aliphatic carbocycles. The lowest BCUT2D eigenvalue weighted by molar-refractivity contribution is -0.683. The van der Waals surface area contributed by atoms with E-state index in [0.29, 0.717) is 6.54 Å². The first-order chi connectivity index (χ1) is 10.7. The minimum absolute atomic E-state index is 0.00903. The van der Waals surface area contributed by atoms with E-state index in [1.165, 1.54) is 5.39 Å². The molecule has 0 saturated heterocycles. The average Bonchev–Trinajstić information content (AvgIpc) is 2.55. The lowest BCUT2D eigenvalue weighted by Crippen LogP contribution is -2.43. The Morgan fingerprint density at radius 2 is 1.68 bits per heavy atom. The number of benzene rings is 2. The number of pyridine rings is 1. The number of carbonyl (C=O) groups excluding carboxylic acids is 1. The maximum atomic E-state index is 12.2. The summed E-state index contributed by atoms with van der Waals surface area (Å²) in [5, 5.41) is 5.34. The van der Waals surface area contributed by atoms with Crippen molar-refractivity contribution < 1.29 is 9.36 Å². The molecule has 0 spiro atoms. The van der Waals surface area contributed by atoms with E-state index in [9.17, 15) is 4.79 Å². The molecule has 3 heteroatoms. The fourth-order valence-corrected chi connectivity index (χ4v) is 2.55. The van der Waals surface area contributed by atoms with E-state index in [0.717, 1.165) is 10.9 Å². The van der Waals surface area contributed by atoms with Crippen LogP contribution in [-0.4, -0.2) is 5.91 Å². The molecule has 2 aromatic carbocycles. The van der Waals surface area contributed by atoms with Crippen LogP contribution in [0.5, 0.6) is 0 Å². The maximum absolute atomic E-state index is 12.2. The van der Waals surface area contributed by atoms with Crippen LogP contribution in [0.4, 0.5) is 0 Å². The highest BCUT2D eigenvalue weighted by atomic mass is 16.2. The van der Waals surface area contributed by atoms with Crippen molar-refractivity contribution in [3.05, 3.63) is 78.6 Å². The molecular weight excluding hydrogens is 272 g/mol. The molecule has 1 N–H and O–H groups in total. The van der Waals surface area contributed by atoms with Gasteiger partial charge in [-0.05, 0) is 23.9 Å². The second-order valence-corrected chi connectivity index (χ2v) is 5.45. The van der Waals surface area contributed by atoms with Crippen molar-refractivity contribution >= 4 is 16.7 Å². The van der Waals surface area contributed by atoms with Crippen LogP contribution in [0, 0.1) is 0 Å². The van der Waals surface area contributed by atoms with Gasteiger partial charge in [0, 0.05) is 11.5 Å². The second-order valence-electron chi connectivity index (χ2n) is 5.45. The van der Waals surface area contributed by atoms with Gasteiger partial charge in [0.25, 0.3) is 5.91 Å². The summed E-state index contributed by atoms with van der Waals surface area (Å²) in [7, 11) is 0. The quantitative estimate of drug-likeness (QED) is 0.736. The van der Waals surface area contributed by atoms with E-state index < -0.39 is 0 Å². The predicted molar refractivity (Wildman–Crippen MR) is 87.1 cm³/mol. The number of nitrogens with one attached hydrogen (secondary N) is 1. The van der Waals surface area contributed by atoms with E-state index in [-0.39, 0.29) is 11.9 Å². The standard InChI is InChI=1S/C19H18N2O/c1-15(16-7-3-2-4-8-16)20-19(22)14-21-12-11-17-9-5-6-10-18(17)13-21/h2-13,15H,14H2,1H3/p+1. The molecule has 1 unspecified atom stereocenters. The van der Waals surface area contributed by atoms with Crippen LogP contribution in [0.2, 0.25) is 0 Å². The number of hydrogen-bond donors (Lipinski definition) is 1. The van der Waals surface area contributed by atoms with Crippen molar-refractivity contribution in [1.82, 2.24) is 5.32 Å². The molecule has 1 aromatic heterocycles. The topological polar surface area (TPSA) is 33.0 Å². The molecule has 0 aliphatic heterocycles. The molecular formula is C19H19N2O+. The molecule has 3 rings (SSSR count). The van der Waals surface area contributed by atoms with Crippen LogP contribution in [0.15, 0.2) is 73.1 Å². The van der Waals surface area contributed by atoms with Gasteiger partial charge in [0.2, 0.25) is 6.54 Å². The lowest BCUT2D eigenvalue weighted by atomic mass is 10.1. The van der Waals surface area contributed by atoms with E-state index >= 15 is 0 Å². The molecule has 22 heavy (non-hydrogen) atoms. The van der Waals surface area contributed by atoms with Crippen molar-refractivity contribution in [3.63, 3.8) is 0 Å². The highest BCUT2D eigenvalue weighted by molar-refractivity contribution is 5.80. The molecule has 1 heterocycles. The fourth-order valence-electron chi connectivity index (χ4n) is 2.55. The van der Waals surface area contributed by atoms with Crippen LogP contribution in [-0.2, 0) is 11.3 Å². The number of rotatable bonds is 4. The summed E-state index contributed by atoms with van der Waals surface area (Å²) in [6.45, 7) is 2.32. The first-order valence-corrected chi connectivity index (χ1v) is 7.44. The molecule has 1 amide bonds. The highest BCUT2D eigenvalue weighted by Gasteiger charge is 2.13. The number of aromatic nitrogens is 1. The normalized spacial score (nSPS) is 12.0. The Hall–Kier alpha value is -2.68. The van der Waals surface area contributed by atoms with Crippen molar-refractivity contribution in [1.29, 1.82) is 0 Å². The maximum Gasteiger partial charge on any atom is 0.286 e. The summed E-state index contributed by atoms with van der Waals surface area (Å²) in [6, 6.07) is 20.2. The number of fused-ring (bicyclic) bond motifs is 1. The van der Waals surface area contributed by atoms with Gasteiger partial charge >= 0.3 is 0 Å². The number of amides is 1. The zero-order valence-corrected chi connectivity index (χ0v) is 12.6. The minimum atomic E-state index is 0.00903. The highest BCUT2D eigenvalue weighted by Crippen LogP contribution is 2.11. The summed E-state index contributed by atoms with van der Waals surface area (Å²) in [4.78, 5) is 12.2. The first kappa shape index (κ1) is 14.3. The van der Waals surface area contributed by atoms with E-state index in [2.05, 4.69) is 17.4 Å². The summed E-state index contributed by atoms with van der Waals surface area (Å²) < 4.78 is 1.91. The van der Waals surface area contributed by atoms with Crippen molar-refractivity contribution in [2.45, 2.75) is 19.5 Å². The van der Waals surface area contributed by atoms with Crippen molar-refractivity contribution in [2.24, 2.45) is 0 Å². The monoisotopic (exact) mass is 291 g/mol. The third-order valence-corrected chi connectivity index (χ3v) is 3.75. The lowest BCUT2D eigenvalue weighted by Gasteiger charge is -2.12. The van der Waals surface area contributed by atoms with Crippen molar-refractivity contribution in [3.8, 4) is 0 Å². The number of nitrogens with zero attached hydrogens (tertiary/aromatic N) is 1. The Bertz CT molecular complexity index is 784. The van der Waals surface area contributed by atoms with Gasteiger partial charge in [-0.15, -0.1) is 0 Å². The molecule has 3 aromatic rings. The van der Waals surface area contributed by atoms with Gasteiger partial charge in [-0.2, -0.15) is 4.57 Å². The molecule has 0 saturated carbocycles. The zero-order chi connectivity index (χ0) is 15.4. The molecule has 110 valence electrons. The number of hydrogen-bond acceptors (Lipinski definition) is 1. The Kier molecular flexibility index (Phi) is 4.15. The number of carbonyl (C=O) groups is 1. The molecule has 0 radical (unpaired) electrons. The van der Waals surface area contributed by atoms with Gasteiger partial charge < -0.3 is 5.32 Å². The predicted octanol–water partition coefficient (Wildman–Crippen LogP) is 3.00. The van der Waals surface area contributed by atoms with Gasteiger partial charge in [-0.1, -0.05) is 48.5 Å². The van der Waals surface area contributed by atoms with Crippen LogP contribution < -0.4 is 9.88 Å². The molecule has 0 aliphatic rings. The van der Waals surface area contributed by atoms with Gasteiger partial charge in [0.05, 0.1) is 6.04 Å². The molecule has 3 nitrogen and oxygen atoms in total. The molecule has 1 atom stereocenters. The summed E-state index contributed by atoms with van der Waals surface area (Å²) in [5.41, 5.74) is 1.11. The van der Waals surface area contributed by atoms with Crippen LogP contribution in [0.1, 0.15) is 18.5 Å². The van der Waals surface area contributed by atoms with Crippen LogP contribution >= 0.6 is 0 Å². The SMILES string of the molecule is CC(NC(=O)C[n+]1ccc2ccccc2c1)c1ccccc1. The summed E-state index contributed by atoms with van der Waals surface area (Å²) in [6.07, 6.45) is 3.94. The third kappa shape index (κ3) is 3.31. The minimum Gasteiger partial charge on any atom is -0.344 e. The van der Waals surface area contributed by atoms with Gasteiger partial charge in [0.15, 0.2) is 12.4 Å². The Morgan fingerprint density at radius 3 is 2.45 bits per heavy atom. The second kappa shape index (κ2) is 6.39. The van der Waals surface area contributed by atoms with Gasteiger partial charge in [-0.3, -0.25) is 4.79 Å². The largest absolute Gasteiger partial charge is 0.344 e. The smallest absolute Gasteiger partial charge is 0.286 e. The summed E-state index contributed by atoms with van der Waals surface area (Å²) in [5.74, 6) is 0.0108. The summed E-state index contributed by atoms with van der Waals surface area (Å²) >= 11 is 0. The van der Waals surface area contributed by atoms with E-state index in [1.54, 1.807) is 0 Å². The average molecular weight is 291 g/mol. The third-order valence-electron chi connectivity index (χ3n) is 3.75. The van der Waals surface area contributed by atoms with Crippen LogP contribution in [0.3, 0.4) is 0 Å². The van der Waals surface area contributed by atoms with E-state index in [1.807, 2.05) is 72.4 Å². The first-order valence-electron chi connectivity index (χ1n) is 7.44. The van der Waals surface area contributed by atoms with E-state index in [4.69, 9.17) is 0 Å².